The lowest BCUT2D eigenvalue weighted by atomic mass is 9.91. The molecule has 3 aromatic heterocycles. The Kier molecular flexibility index (Phi) is 4.39. The fraction of sp³-hybridized carbons (Fsp3) is 0.389. The minimum Gasteiger partial charge on any atom is -0.352 e. The van der Waals surface area contributed by atoms with E-state index in [9.17, 15) is 0 Å². The Hall–Kier alpha value is -1.88. The van der Waals surface area contributed by atoms with Gasteiger partial charge in [0.15, 0.2) is 0 Å². The van der Waals surface area contributed by atoms with Gasteiger partial charge in [-0.25, -0.2) is 15.0 Å². The van der Waals surface area contributed by atoms with E-state index in [0.717, 1.165) is 39.8 Å². The summed E-state index contributed by atoms with van der Waals surface area (Å²) >= 11 is 1.80. The van der Waals surface area contributed by atoms with Crippen LogP contribution in [-0.4, -0.2) is 25.7 Å². The van der Waals surface area contributed by atoms with Crippen LogP contribution in [0, 0.1) is 0 Å². The monoisotopic (exact) mass is 326 g/mol. The topological polar surface area (TPSA) is 54.5 Å². The summed E-state index contributed by atoms with van der Waals surface area (Å²) in [5.74, 6) is 1.09. The van der Waals surface area contributed by atoms with E-state index in [1.807, 2.05) is 6.20 Å². The molecule has 0 atom stereocenters. The summed E-state index contributed by atoms with van der Waals surface area (Å²) in [7, 11) is 0. The molecule has 3 aromatic rings. The van der Waals surface area contributed by atoms with Crippen molar-refractivity contribution in [1.29, 1.82) is 0 Å². The van der Waals surface area contributed by atoms with Crippen LogP contribution in [0.4, 0.5) is 0 Å². The first-order chi connectivity index (χ1) is 11.0. The summed E-state index contributed by atoms with van der Waals surface area (Å²) in [5.41, 5.74) is 4.02. The van der Waals surface area contributed by atoms with Crippen LogP contribution >= 0.6 is 11.8 Å². The van der Waals surface area contributed by atoms with Crippen molar-refractivity contribution in [2.45, 2.75) is 44.6 Å². The standard InChI is InChI=1S/C18H22N4S/c1-5-6-23-17-8-12-7-14(22-15(12)10-19-17)13-9-16(18(2,3)4)21-11-20-13/h7-11,22H,5-6H2,1-4H3. The van der Waals surface area contributed by atoms with Crippen LogP contribution in [0.3, 0.4) is 0 Å². The summed E-state index contributed by atoms with van der Waals surface area (Å²) in [4.78, 5) is 16.7. The van der Waals surface area contributed by atoms with E-state index < -0.39 is 0 Å². The molecule has 0 spiro atoms. The minimum absolute atomic E-state index is 0.00915. The number of rotatable bonds is 4. The van der Waals surface area contributed by atoms with Gasteiger partial charge in [-0.3, -0.25) is 0 Å². The van der Waals surface area contributed by atoms with Crippen LogP contribution in [0.2, 0.25) is 0 Å². The SMILES string of the molecule is CCCSc1cc2cc(-c3cc(C(C)(C)C)ncn3)[nH]c2cn1. The van der Waals surface area contributed by atoms with E-state index in [2.05, 4.69) is 65.8 Å². The summed E-state index contributed by atoms with van der Waals surface area (Å²) in [5, 5.41) is 2.24. The average molecular weight is 326 g/mol. The molecule has 0 aromatic carbocycles. The van der Waals surface area contributed by atoms with Crippen molar-refractivity contribution in [2.75, 3.05) is 5.75 Å². The first-order valence-corrected chi connectivity index (χ1v) is 8.90. The lowest BCUT2D eigenvalue weighted by molar-refractivity contribution is 0.567. The number of aromatic nitrogens is 4. The van der Waals surface area contributed by atoms with Crippen LogP contribution in [0.15, 0.2) is 35.7 Å². The van der Waals surface area contributed by atoms with Crippen molar-refractivity contribution in [2.24, 2.45) is 0 Å². The van der Waals surface area contributed by atoms with E-state index in [1.54, 1.807) is 18.1 Å². The lowest BCUT2D eigenvalue weighted by Gasteiger charge is -2.17. The van der Waals surface area contributed by atoms with Gasteiger partial charge in [-0.05, 0) is 30.4 Å². The highest BCUT2D eigenvalue weighted by atomic mass is 32.2. The second-order valence-electron chi connectivity index (χ2n) is 6.68. The Labute approximate surface area is 141 Å². The predicted molar refractivity (Wildman–Crippen MR) is 96.8 cm³/mol. The molecule has 4 nitrogen and oxygen atoms in total. The molecule has 3 heterocycles. The maximum Gasteiger partial charge on any atom is 0.116 e. The molecule has 120 valence electrons. The molecule has 1 N–H and O–H groups in total. The Bertz CT molecular complexity index is 817. The number of hydrogen-bond acceptors (Lipinski definition) is 4. The molecule has 5 heteroatoms. The Morgan fingerprint density at radius 1 is 1.09 bits per heavy atom. The van der Waals surface area contributed by atoms with Gasteiger partial charge < -0.3 is 4.98 Å². The molecule has 0 aliphatic carbocycles. The van der Waals surface area contributed by atoms with E-state index in [4.69, 9.17) is 0 Å². The van der Waals surface area contributed by atoms with Crippen LogP contribution in [0.5, 0.6) is 0 Å². The summed E-state index contributed by atoms with van der Waals surface area (Å²) < 4.78 is 0. The molecule has 23 heavy (non-hydrogen) atoms. The molecular weight excluding hydrogens is 304 g/mol. The largest absolute Gasteiger partial charge is 0.352 e. The van der Waals surface area contributed by atoms with Gasteiger partial charge >= 0.3 is 0 Å². The zero-order chi connectivity index (χ0) is 16.4. The number of pyridine rings is 1. The highest BCUT2D eigenvalue weighted by molar-refractivity contribution is 7.99. The zero-order valence-corrected chi connectivity index (χ0v) is 14.9. The second-order valence-corrected chi connectivity index (χ2v) is 7.79. The van der Waals surface area contributed by atoms with Crippen LogP contribution in [-0.2, 0) is 5.41 Å². The Morgan fingerprint density at radius 3 is 2.65 bits per heavy atom. The molecule has 0 aliphatic heterocycles. The molecule has 0 radical (unpaired) electrons. The van der Waals surface area contributed by atoms with Gasteiger partial charge in [0.2, 0.25) is 0 Å². The fourth-order valence-electron chi connectivity index (χ4n) is 2.35. The number of aromatic amines is 1. The van der Waals surface area contributed by atoms with Crippen LogP contribution in [0.1, 0.15) is 39.8 Å². The lowest BCUT2D eigenvalue weighted by Crippen LogP contribution is -2.13. The van der Waals surface area contributed by atoms with E-state index in [0.29, 0.717) is 0 Å². The number of hydrogen-bond donors (Lipinski definition) is 1. The third-order valence-electron chi connectivity index (χ3n) is 3.65. The summed E-state index contributed by atoms with van der Waals surface area (Å²) in [6.45, 7) is 8.66. The van der Waals surface area contributed by atoms with Gasteiger partial charge in [0.1, 0.15) is 6.33 Å². The third-order valence-corrected chi connectivity index (χ3v) is 4.78. The average Bonchev–Trinajstić information content (AvgIpc) is 2.95. The van der Waals surface area contributed by atoms with Crippen LogP contribution in [0.25, 0.3) is 22.3 Å². The van der Waals surface area contributed by atoms with Gasteiger partial charge in [-0.2, -0.15) is 0 Å². The summed E-state index contributed by atoms with van der Waals surface area (Å²) in [6, 6.07) is 6.34. The molecule has 0 saturated carbocycles. The molecule has 0 amide bonds. The maximum atomic E-state index is 4.51. The Morgan fingerprint density at radius 2 is 1.91 bits per heavy atom. The minimum atomic E-state index is 0.00915. The van der Waals surface area contributed by atoms with E-state index in [-0.39, 0.29) is 5.41 Å². The van der Waals surface area contributed by atoms with Crippen molar-refractivity contribution in [1.82, 2.24) is 19.9 Å². The van der Waals surface area contributed by atoms with E-state index in [1.165, 1.54) is 5.39 Å². The third kappa shape index (κ3) is 3.55. The van der Waals surface area contributed by atoms with E-state index >= 15 is 0 Å². The number of H-pyrrole nitrogens is 1. The number of nitrogens with zero attached hydrogens (tertiary/aromatic N) is 3. The van der Waals surface area contributed by atoms with Crippen molar-refractivity contribution in [3.63, 3.8) is 0 Å². The number of thioether (sulfide) groups is 1. The van der Waals surface area contributed by atoms with Gasteiger partial charge in [-0.15, -0.1) is 11.8 Å². The fourth-order valence-corrected chi connectivity index (χ4v) is 3.10. The van der Waals surface area contributed by atoms with Crippen molar-refractivity contribution in [3.8, 4) is 11.4 Å². The predicted octanol–water partition coefficient (Wildman–Crippen LogP) is 4.82. The zero-order valence-electron chi connectivity index (χ0n) is 14.1. The highest BCUT2D eigenvalue weighted by Crippen LogP contribution is 2.28. The normalized spacial score (nSPS) is 12.0. The second kappa shape index (κ2) is 6.32. The molecule has 0 fully saturated rings. The van der Waals surface area contributed by atoms with Gasteiger partial charge in [0.25, 0.3) is 0 Å². The molecule has 0 aliphatic rings. The first-order valence-electron chi connectivity index (χ1n) is 7.92. The summed E-state index contributed by atoms with van der Waals surface area (Å²) in [6.07, 6.45) is 4.70. The molecular formula is C18H22N4S. The molecule has 0 saturated heterocycles. The number of nitrogens with one attached hydrogen (secondary N) is 1. The van der Waals surface area contributed by atoms with Crippen molar-refractivity contribution >= 4 is 22.7 Å². The smallest absolute Gasteiger partial charge is 0.116 e. The maximum absolute atomic E-state index is 4.51. The quantitative estimate of drug-likeness (QED) is 0.698. The number of fused-ring (bicyclic) bond motifs is 1. The molecule has 0 unspecified atom stereocenters. The Balaban J connectivity index is 1.97. The van der Waals surface area contributed by atoms with Crippen LogP contribution < -0.4 is 0 Å². The van der Waals surface area contributed by atoms with Crippen molar-refractivity contribution < 1.29 is 0 Å². The van der Waals surface area contributed by atoms with Crippen molar-refractivity contribution in [3.05, 3.63) is 36.4 Å². The van der Waals surface area contributed by atoms with Gasteiger partial charge in [0, 0.05) is 16.5 Å². The highest BCUT2D eigenvalue weighted by Gasteiger charge is 2.17. The van der Waals surface area contributed by atoms with Gasteiger partial charge in [-0.1, -0.05) is 27.7 Å². The van der Waals surface area contributed by atoms with Gasteiger partial charge in [0.05, 0.1) is 28.1 Å². The first kappa shape index (κ1) is 16.0. The molecule has 3 rings (SSSR count). The molecule has 0 bridgehead atoms.